The average Bonchev–Trinajstić information content (AvgIpc) is 2.91. The topological polar surface area (TPSA) is 91.6 Å². The van der Waals surface area contributed by atoms with E-state index in [-0.39, 0.29) is 12.3 Å². The second kappa shape index (κ2) is 14.4. The summed E-state index contributed by atoms with van der Waals surface area (Å²) in [6.45, 7) is 10.7. The van der Waals surface area contributed by atoms with Gasteiger partial charge in [0, 0.05) is 30.8 Å². The number of carbonyl (C=O) groups is 2. The van der Waals surface area contributed by atoms with Crippen LogP contribution in [-0.2, 0) is 16.0 Å². The molecule has 11 heteroatoms. The number of allylic oxidation sites excluding steroid dienone is 3. The minimum absolute atomic E-state index is 0.127. The van der Waals surface area contributed by atoms with Gasteiger partial charge in [0.2, 0.25) is 11.6 Å². The molecule has 7 nitrogen and oxygen atoms in total. The monoisotopic (exact) mass is 647 g/mol. The van der Waals surface area contributed by atoms with Crippen LogP contribution in [0.4, 0.5) is 17.6 Å². The molecule has 4 atom stereocenters. The predicted octanol–water partition coefficient (Wildman–Crippen LogP) is 6.35. The van der Waals surface area contributed by atoms with E-state index in [1.165, 1.54) is 10.6 Å². The summed E-state index contributed by atoms with van der Waals surface area (Å²) in [5.74, 6) is -4.61. The predicted molar refractivity (Wildman–Crippen MR) is 171 cm³/mol. The number of hydrogen-bond donors (Lipinski definition) is 2. The lowest BCUT2D eigenvalue weighted by atomic mass is 9.71. The van der Waals surface area contributed by atoms with E-state index in [4.69, 9.17) is 0 Å². The third kappa shape index (κ3) is 7.97. The Kier molecular flexibility index (Phi) is 11.5. The van der Waals surface area contributed by atoms with Gasteiger partial charge in [-0.25, -0.2) is 4.39 Å². The number of carboxylic acid groups (broad SMARTS) is 1. The second-order valence-electron chi connectivity index (χ2n) is 13.1. The van der Waals surface area contributed by atoms with Crippen LogP contribution in [0.25, 0.3) is 5.57 Å². The van der Waals surface area contributed by atoms with Gasteiger partial charge in [-0.3, -0.25) is 14.4 Å². The van der Waals surface area contributed by atoms with E-state index in [1.54, 1.807) is 45.2 Å². The van der Waals surface area contributed by atoms with Crippen molar-refractivity contribution in [3.05, 3.63) is 86.4 Å². The van der Waals surface area contributed by atoms with Crippen molar-refractivity contribution >= 4 is 17.4 Å². The lowest BCUT2D eigenvalue weighted by Gasteiger charge is -2.42. The van der Waals surface area contributed by atoms with E-state index in [0.29, 0.717) is 24.1 Å². The van der Waals surface area contributed by atoms with E-state index in [9.17, 15) is 32.7 Å². The summed E-state index contributed by atoms with van der Waals surface area (Å²) in [5.41, 5.74) is -1.15. The minimum Gasteiger partial charge on any atom is -0.481 e. The van der Waals surface area contributed by atoms with E-state index in [2.05, 4.69) is 5.32 Å². The van der Waals surface area contributed by atoms with Crippen LogP contribution in [0.3, 0.4) is 0 Å². The van der Waals surface area contributed by atoms with Crippen LogP contribution in [0.1, 0.15) is 67.5 Å². The summed E-state index contributed by atoms with van der Waals surface area (Å²) in [6, 6.07) is 3.78. The highest BCUT2D eigenvalue weighted by Gasteiger charge is 2.64. The number of alkyl halides is 4. The lowest BCUT2D eigenvalue weighted by Crippen LogP contribution is -2.58. The number of carboxylic acids is 1. The number of benzene rings is 1. The van der Waals surface area contributed by atoms with E-state index < -0.39 is 59.3 Å². The number of nitrogens with one attached hydrogen (secondary N) is 1. The molecule has 0 fully saturated rings. The normalized spacial score (nSPS) is 19.9. The van der Waals surface area contributed by atoms with Gasteiger partial charge in [-0.05, 0) is 99.5 Å². The van der Waals surface area contributed by atoms with Gasteiger partial charge in [0.05, 0.1) is 6.42 Å². The zero-order chi connectivity index (χ0) is 34.7. The number of aromatic nitrogens is 1. The van der Waals surface area contributed by atoms with Gasteiger partial charge >= 0.3 is 12.1 Å². The Morgan fingerprint density at radius 3 is 2.22 bits per heavy atom. The summed E-state index contributed by atoms with van der Waals surface area (Å²) in [4.78, 5) is 41.3. The Balaban J connectivity index is 2.18. The van der Waals surface area contributed by atoms with Gasteiger partial charge in [-0.1, -0.05) is 44.2 Å². The minimum atomic E-state index is -5.42. The fourth-order valence-electron chi connectivity index (χ4n) is 6.25. The third-order valence-electron chi connectivity index (χ3n) is 8.66. The molecule has 1 aromatic heterocycles. The van der Waals surface area contributed by atoms with Crippen molar-refractivity contribution < 1.29 is 32.3 Å². The number of aliphatic carboxylic acids is 1. The first-order valence-corrected chi connectivity index (χ1v) is 15.4. The zero-order valence-electron chi connectivity index (χ0n) is 27.8. The Hall–Kier alpha value is -3.73. The van der Waals surface area contributed by atoms with E-state index >= 15 is 4.39 Å². The summed E-state index contributed by atoms with van der Waals surface area (Å²) in [5, 5.41) is 12.3. The molecule has 1 aromatic carbocycles. The van der Waals surface area contributed by atoms with Crippen LogP contribution >= 0.6 is 0 Å². The summed E-state index contributed by atoms with van der Waals surface area (Å²) in [6.07, 6.45) is -1.87. The number of amides is 1. The molecule has 0 radical (unpaired) electrons. The van der Waals surface area contributed by atoms with Crippen LogP contribution in [0.5, 0.6) is 0 Å². The lowest BCUT2D eigenvalue weighted by molar-refractivity contribution is -0.231. The van der Waals surface area contributed by atoms with Crippen LogP contribution in [-0.4, -0.2) is 65.0 Å². The highest BCUT2D eigenvalue weighted by atomic mass is 19.4. The van der Waals surface area contributed by atoms with Gasteiger partial charge in [0.1, 0.15) is 6.04 Å². The molecule has 0 saturated carbocycles. The van der Waals surface area contributed by atoms with Gasteiger partial charge < -0.3 is 19.9 Å². The van der Waals surface area contributed by atoms with Crippen molar-refractivity contribution in [2.24, 2.45) is 11.8 Å². The number of rotatable bonds is 12. The van der Waals surface area contributed by atoms with Crippen molar-refractivity contribution in [3.63, 3.8) is 0 Å². The second-order valence-corrected chi connectivity index (χ2v) is 13.1. The van der Waals surface area contributed by atoms with Gasteiger partial charge in [0.25, 0.3) is 5.56 Å². The summed E-state index contributed by atoms with van der Waals surface area (Å²) >= 11 is 0. The molecule has 3 rings (SSSR count). The number of halogens is 4. The molecule has 0 bridgehead atoms. The van der Waals surface area contributed by atoms with Gasteiger partial charge in [0.15, 0.2) is 0 Å². The highest BCUT2D eigenvalue weighted by Crippen LogP contribution is 2.51. The summed E-state index contributed by atoms with van der Waals surface area (Å²) < 4.78 is 61.8. The van der Waals surface area contributed by atoms with Gasteiger partial charge in [-0.2, -0.15) is 13.2 Å². The van der Waals surface area contributed by atoms with Crippen molar-refractivity contribution in [1.82, 2.24) is 14.8 Å². The average molecular weight is 648 g/mol. The molecule has 3 unspecified atom stereocenters. The smallest absolute Gasteiger partial charge is 0.427 e. The molecule has 0 saturated heterocycles. The fourth-order valence-corrected chi connectivity index (χ4v) is 6.25. The quantitative estimate of drug-likeness (QED) is 0.262. The highest BCUT2D eigenvalue weighted by molar-refractivity contribution is 5.83. The Morgan fingerprint density at radius 1 is 1.09 bits per heavy atom. The number of pyridine rings is 1. The van der Waals surface area contributed by atoms with Crippen LogP contribution in [0, 0.1) is 32.6 Å². The van der Waals surface area contributed by atoms with Crippen LogP contribution in [0.15, 0.2) is 53.0 Å². The molecule has 1 aliphatic carbocycles. The van der Waals surface area contributed by atoms with Crippen LogP contribution < -0.4 is 10.9 Å². The first-order chi connectivity index (χ1) is 21.3. The number of nitrogens with zero attached hydrogens (tertiary/aromatic N) is 2. The molecular weight excluding hydrogens is 602 g/mol. The molecule has 0 aliphatic heterocycles. The van der Waals surface area contributed by atoms with Crippen molar-refractivity contribution in [2.45, 2.75) is 84.7 Å². The number of likely N-dealkylation sites (N-methyl/N-ethyl adjacent to an activating group) is 1. The van der Waals surface area contributed by atoms with Crippen molar-refractivity contribution in [2.75, 3.05) is 20.6 Å². The third-order valence-corrected chi connectivity index (χ3v) is 8.66. The van der Waals surface area contributed by atoms with Crippen LogP contribution in [0.2, 0.25) is 0 Å². The molecule has 0 spiro atoms. The maximum Gasteiger partial charge on any atom is 0.427 e. The molecule has 1 amide bonds. The molecule has 1 heterocycles. The molecular formula is C35H45F4N3O4. The first-order valence-electron chi connectivity index (χ1n) is 15.4. The maximum absolute atomic E-state index is 16.6. The van der Waals surface area contributed by atoms with E-state index in [1.807, 2.05) is 32.8 Å². The Bertz CT molecular complexity index is 1550. The van der Waals surface area contributed by atoms with Crippen molar-refractivity contribution in [3.8, 4) is 0 Å². The van der Waals surface area contributed by atoms with E-state index in [0.717, 1.165) is 41.3 Å². The Morgan fingerprint density at radius 2 is 1.70 bits per heavy atom. The number of hydrogen-bond acceptors (Lipinski definition) is 4. The molecule has 46 heavy (non-hydrogen) atoms. The molecule has 2 N–H and O–H groups in total. The number of aryl methyl sites for hydroxylation is 3. The largest absolute Gasteiger partial charge is 0.481 e. The standard InChI is InChI=1S/C35H45F4N3O4/c1-20(2)14-29(42-19-25(12-13-41(7)8)23(5)15-30(42)43)33(46)40-28(18-31(44)45)27-17-26(32-21(3)10-9-11-22(32)4)16-24(6)34(27,36)35(37,38)39/h9-11,15-17,19-20,27-29H,12-14,18H2,1-8H3,(H,40,46)(H,44,45)/t27?,28-,29?,34?/m0/s1. The molecule has 2 aromatic rings. The maximum atomic E-state index is 16.6. The fraction of sp³-hybridized carbons (Fsp3) is 0.514. The zero-order valence-corrected chi connectivity index (χ0v) is 27.8. The first kappa shape index (κ1) is 36.7. The Labute approximate surface area is 268 Å². The molecule has 1 aliphatic rings. The SMILES string of the molecule is CC1=CC(c2c(C)cccc2C)=CC([C@H](CC(=O)O)NC(=O)C(CC(C)C)n2cc(CCN(C)C)c(C)cc2=O)C1(F)C(F)(F)F. The number of carbonyl (C=O) groups excluding carboxylic acids is 1. The molecule has 252 valence electrons. The summed E-state index contributed by atoms with van der Waals surface area (Å²) in [7, 11) is 3.80. The van der Waals surface area contributed by atoms with Crippen molar-refractivity contribution in [1.29, 1.82) is 0 Å². The van der Waals surface area contributed by atoms with Gasteiger partial charge in [-0.15, -0.1) is 0 Å².